The molecule has 16 heavy (non-hydrogen) atoms. The van der Waals surface area contributed by atoms with E-state index in [-0.39, 0.29) is 5.69 Å². The van der Waals surface area contributed by atoms with Gasteiger partial charge in [0.2, 0.25) is 0 Å². The second-order valence-electron chi connectivity index (χ2n) is 3.08. The van der Waals surface area contributed by atoms with Crippen molar-refractivity contribution >= 4 is 5.69 Å². The lowest BCUT2D eigenvalue weighted by Crippen LogP contribution is -2.15. The summed E-state index contributed by atoms with van der Waals surface area (Å²) >= 11 is 0. The van der Waals surface area contributed by atoms with E-state index in [0.717, 1.165) is 0 Å². The van der Waals surface area contributed by atoms with E-state index < -0.39 is 4.92 Å². The average molecular weight is 226 g/mol. The lowest BCUT2D eigenvalue weighted by atomic mass is 10.3. The molecule has 0 saturated heterocycles. The van der Waals surface area contributed by atoms with Gasteiger partial charge in [0.05, 0.1) is 24.2 Å². The van der Waals surface area contributed by atoms with Gasteiger partial charge in [-0.2, -0.15) is 0 Å². The van der Waals surface area contributed by atoms with Crippen LogP contribution in [0.25, 0.3) is 0 Å². The zero-order valence-corrected chi connectivity index (χ0v) is 9.23. The van der Waals surface area contributed by atoms with Gasteiger partial charge in [0.15, 0.2) is 0 Å². The summed E-state index contributed by atoms with van der Waals surface area (Å²) < 4.78 is 10.3. The third-order valence-electron chi connectivity index (χ3n) is 1.93. The van der Waals surface area contributed by atoms with Crippen molar-refractivity contribution in [3.8, 4) is 11.5 Å². The molecule has 1 rings (SSSR count). The number of nitrogens with one attached hydrogen (secondary N) is 1. The van der Waals surface area contributed by atoms with Gasteiger partial charge in [0, 0.05) is 12.6 Å². The lowest BCUT2D eigenvalue weighted by Gasteiger charge is -2.07. The monoisotopic (exact) mass is 226 g/mol. The highest BCUT2D eigenvalue weighted by Crippen LogP contribution is 2.27. The Balaban J connectivity index is 2.82. The fourth-order valence-corrected chi connectivity index (χ4v) is 1.13. The van der Waals surface area contributed by atoms with Crippen LogP contribution in [0.5, 0.6) is 11.5 Å². The number of hydrogen-bond donors (Lipinski definition) is 1. The highest BCUT2D eigenvalue weighted by molar-refractivity contribution is 5.45. The Morgan fingerprint density at radius 3 is 2.62 bits per heavy atom. The molecule has 0 radical (unpaired) electrons. The molecule has 0 amide bonds. The number of methoxy groups -OCH3 is 1. The van der Waals surface area contributed by atoms with Gasteiger partial charge in [-0.25, -0.2) is 0 Å². The van der Waals surface area contributed by atoms with Crippen LogP contribution in [0, 0.1) is 10.1 Å². The van der Waals surface area contributed by atoms with Gasteiger partial charge in [0.25, 0.3) is 5.69 Å². The van der Waals surface area contributed by atoms with Gasteiger partial charge < -0.3 is 14.8 Å². The fraction of sp³-hybridized carbons (Fsp3) is 0.400. The SMILES string of the molecule is CNCCOc1cc(OC)cc([N+](=O)[O-])c1. The number of nitrogens with zero attached hydrogens (tertiary/aromatic N) is 1. The first kappa shape index (κ1) is 12.3. The molecule has 0 unspecified atom stereocenters. The topological polar surface area (TPSA) is 73.6 Å². The van der Waals surface area contributed by atoms with E-state index in [1.54, 1.807) is 13.1 Å². The summed E-state index contributed by atoms with van der Waals surface area (Å²) in [5, 5.41) is 13.5. The molecule has 1 aromatic carbocycles. The fourth-order valence-electron chi connectivity index (χ4n) is 1.13. The molecular weight excluding hydrogens is 212 g/mol. The maximum atomic E-state index is 10.6. The second kappa shape index (κ2) is 5.92. The van der Waals surface area contributed by atoms with Crippen LogP contribution >= 0.6 is 0 Å². The van der Waals surface area contributed by atoms with Crippen LogP contribution in [0.3, 0.4) is 0 Å². The first-order valence-electron chi connectivity index (χ1n) is 4.78. The molecule has 1 aromatic rings. The smallest absolute Gasteiger partial charge is 0.276 e. The maximum Gasteiger partial charge on any atom is 0.276 e. The van der Waals surface area contributed by atoms with Crippen LogP contribution in [0.15, 0.2) is 18.2 Å². The number of rotatable bonds is 6. The molecule has 6 nitrogen and oxygen atoms in total. The minimum absolute atomic E-state index is 0.0428. The molecule has 0 aliphatic heterocycles. The maximum absolute atomic E-state index is 10.6. The van der Waals surface area contributed by atoms with Crippen LogP contribution in [-0.2, 0) is 0 Å². The van der Waals surface area contributed by atoms with E-state index in [1.807, 2.05) is 0 Å². The minimum Gasteiger partial charge on any atom is -0.496 e. The van der Waals surface area contributed by atoms with Crippen molar-refractivity contribution in [2.24, 2.45) is 0 Å². The predicted octanol–water partition coefficient (Wildman–Crippen LogP) is 1.20. The summed E-state index contributed by atoms with van der Waals surface area (Å²) in [6.45, 7) is 1.12. The van der Waals surface area contributed by atoms with Gasteiger partial charge in [0.1, 0.15) is 18.1 Å². The first-order valence-corrected chi connectivity index (χ1v) is 4.78. The van der Waals surface area contributed by atoms with Crippen LogP contribution in [0.1, 0.15) is 0 Å². The van der Waals surface area contributed by atoms with E-state index in [1.165, 1.54) is 19.2 Å². The molecule has 0 bridgehead atoms. The van der Waals surface area contributed by atoms with E-state index in [2.05, 4.69) is 5.32 Å². The number of ether oxygens (including phenoxy) is 2. The van der Waals surface area contributed by atoms with Crippen molar-refractivity contribution in [1.82, 2.24) is 5.32 Å². The molecule has 0 fully saturated rings. The van der Waals surface area contributed by atoms with E-state index in [4.69, 9.17) is 9.47 Å². The van der Waals surface area contributed by atoms with Crippen molar-refractivity contribution in [3.63, 3.8) is 0 Å². The predicted molar refractivity (Wildman–Crippen MR) is 59.1 cm³/mol. The first-order chi connectivity index (χ1) is 7.67. The summed E-state index contributed by atoms with van der Waals surface area (Å²) in [5.74, 6) is 0.843. The number of likely N-dealkylation sites (N-methyl/N-ethyl adjacent to an activating group) is 1. The van der Waals surface area contributed by atoms with Gasteiger partial charge >= 0.3 is 0 Å². The molecule has 6 heteroatoms. The Hall–Kier alpha value is -1.82. The van der Waals surface area contributed by atoms with Crippen LogP contribution in [0.2, 0.25) is 0 Å². The van der Waals surface area contributed by atoms with Crippen molar-refractivity contribution in [1.29, 1.82) is 0 Å². The molecule has 0 spiro atoms. The minimum atomic E-state index is -0.479. The molecule has 0 heterocycles. The Morgan fingerprint density at radius 1 is 1.38 bits per heavy atom. The summed E-state index contributed by atoms with van der Waals surface area (Å²) in [6.07, 6.45) is 0. The summed E-state index contributed by atoms with van der Waals surface area (Å²) in [7, 11) is 3.26. The molecule has 0 atom stereocenters. The van der Waals surface area contributed by atoms with Crippen molar-refractivity contribution in [2.45, 2.75) is 0 Å². The van der Waals surface area contributed by atoms with Gasteiger partial charge in [-0.15, -0.1) is 0 Å². The highest BCUT2D eigenvalue weighted by atomic mass is 16.6. The number of hydrogen-bond acceptors (Lipinski definition) is 5. The van der Waals surface area contributed by atoms with Crippen molar-refractivity contribution in [3.05, 3.63) is 28.3 Å². The lowest BCUT2D eigenvalue weighted by molar-refractivity contribution is -0.385. The highest BCUT2D eigenvalue weighted by Gasteiger charge is 2.10. The molecule has 0 aliphatic carbocycles. The summed E-state index contributed by atoms with van der Waals surface area (Å²) in [6, 6.07) is 4.34. The molecule has 1 N–H and O–H groups in total. The molecule has 0 saturated carbocycles. The summed E-state index contributed by atoms with van der Waals surface area (Å²) in [4.78, 5) is 10.2. The molecular formula is C10H14N2O4. The Kier molecular flexibility index (Phi) is 4.53. The molecule has 88 valence electrons. The quantitative estimate of drug-likeness (QED) is 0.448. The Morgan fingerprint density at radius 2 is 2.06 bits per heavy atom. The van der Waals surface area contributed by atoms with E-state index >= 15 is 0 Å². The zero-order valence-electron chi connectivity index (χ0n) is 9.23. The van der Waals surface area contributed by atoms with Gasteiger partial charge in [-0.1, -0.05) is 0 Å². The second-order valence-corrected chi connectivity index (χ2v) is 3.08. The third kappa shape index (κ3) is 3.39. The third-order valence-corrected chi connectivity index (χ3v) is 1.93. The largest absolute Gasteiger partial charge is 0.496 e. The van der Waals surface area contributed by atoms with Crippen LogP contribution < -0.4 is 14.8 Å². The summed E-state index contributed by atoms with van der Waals surface area (Å²) in [5.41, 5.74) is -0.0428. The number of nitro benzene ring substituents is 1. The van der Waals surface area contributed by atoms with E-state index in [0.29, 0.717) is 24.7 Å². The van der Waals surface area contributed by atoms with Crippen molar-refractivity contribution in [2.75, 3.05) is 27.3 Å². The van der Waals surface area contributed by atoms with Gasteiger partial charge in [-0.3, -0.25) is 10.1 Å². The van der Waals surface area contributed by atoms with Crippen LogP contribution in [-0.4, -0.2) is 32.2 Å². The number of nitro groups is 1. The molecule has 0 aliphatic rings. The average Bonchev–Trinajstić information content (AvgIpc) is 2.29. The van der Waals surface area contributed by atoms with E-state index in [9.17, 15) is 10.1 Å². The van der Waals surface area contributed by atoms with Gasteiger partial charge in [-0.05, 0) is 7.05 Å². The zero-order chi connectivity index (χ0) is 12.0. The number of benzene rings is 1. The molecule has 0 aromatic heterocycles. The normalized spacial score (nSPS) is 9.88. The van der Waals surface area contributed by atoms with Crippen molar-refractivity contribution < 1.29 is 14.4 Å². The Labute approximate surface area is 93.3 Å². The Bertz CT molecular complexity index is 368. The van der Waals surface area contributed by atoms with Crippen LogP contribution in [0.4, 0.5) is 5.69 Å². The number of non-ortho nitro benzene ring substituents is 1. The standard InChI is InChI=1S/C10H14N2O4/c1-11-3-4-16-10-6-8(12(13)14)5-9(7-10)15-2/h5-7,11H,3-4H2,1-2H3.